The van der Waals surface area contributed by atoms with Crippen molar-refractivity contribution in [3.63, 3.8) is 0 Å². The van der Waals surface area contributed by atoms with E-state index >= 15 is 0 Å². The molecule has 1 aromatic heterocycles. The highest BCUT2D eigenvalue weighted by molar-refractivity contribution is 6.06. The SMILES string of the molecule is CN1CC2(CCCN(C(=O)c3cc(=O)[nH]c4ccc(F)cc34)CC2)OC1=O. The summed E-state index contributed by atoms with van der Waals surface area (Å²) in [5, 5.41) is 0.380. The molecule has 1 spiro atoms. The maximum Gasteiger partial charge on any atom is 0.410 e. The van der Waals surface area contributed by atoms with E-state index < -0.39 is 17.0 Å². The Balaban J connectivity index is 1.62. The van der Waals surface area contributed by atoms with Crippen LogP contribution >= 0.6 is 0 Å². The molecule has 0 radical (unpaired) electrons. The number of benzene rings is 1. The first-order valence-corrected chi connectivity index (χ1v) is 8.93. The monoisotopic (exact) mass is 373 g/mol. The van der Waals surface area contributed by atoms with Gasteiger partial charge in [-0.3, -0.25) is 9.59 Å². The van der Waals surface area contributed by atoms with Gasteiger partial charge in [-0.1, -0.05) is 0 Å². The second-order valence-corrected chi connectivity index (χ2v) is 7.29. The number of nitrogens with zero attached hydrogens (tertiary/aromatic N) is 2. The Bertz CT molecular complexity index is 989. The van der Waals surface area contributed by atoms with Gasteiger partial charge in [0.2, 0.25) is 5.56 Å². The Kier molecular flexibility index (Phi) is 4.13. The van der Waals surface area contributed by atoms with Gasteiger partial charge < -0.3 is 19.5 Å². The largest absolute Gasteiger partial charge is 0.441 e. The van der Waals surface area contributed by atoms with E-state index in [1.165, 1.54) is 24.3 Å². The number of nitrogens with one attached hydrogen (secondary N) is 1. The lowest BCUT2D eigenvalue weighted by molar-refractivity contribution is 0.0439. The Hall–Kier alpha value is -2.90. The molecule has 2 amide bonds. The number of H-pyrrole nitrogens is 1. The lowest BCUT2D eigenvalue weighted by atomic mass is 9.95. The van der Waals surface area contributed by atoms with Crippen LogP contribution in [0.2, 0.25) is 0 Å². The molecule has 2 aliphatic heterocycles. The molecule has 0 saturated carbocycles. The summed E-state index contributed by atoms with van der Waals surface area (Å²) < 4.78 is 19.3. The molecule has 0 aliphatic carbocycles. The van der Waals surface area contributed by atoms with Crippen molar-refractivity contribution in [2.24, 2.45) is 0 Å². The standard InChI is InChI=1S/C19H20FN3O4/c1-22-11-19(27-18(22)26)5-2-7-23(8-6-19)17(25)14-10-16(24)21-15-4-3-12(20)9-13(14)15/h3-4,9-10H,2,5-8,11H2,1H3,(H,21,24). The third kappa shape index (κ3) is 3.15. The van der Waals surface area contributed by atoms with Crippen molar-refractivity contribution in [1.82, 2.24) is 14.8 Å². The third-order valence-electron chi connectivity index (χ3n) is 5.36. The minimum absolute atomic E-state index is 0.185. The number of aromatic amines is 1. The van der Waals surface area contributed by atoms with E-state index in [-0.39, 0.29) is 17.6 Å². The van der Waals surface area contributed by atoms with E-state index in [0.29, 0.717) is 49.8 Å². The number of aromatic nitrogens is 1. The minimum atomic E-state index is -0.566. The van der Waals surface area contributed by atoms with Gasteiger partial charge in [-0.05, 0) is 31.0 Å². The van der Waals surface area contributed by atoms with Crippen LogP contribution in [0.3, 0.4) is 0 Å². The molecule has 1 aromatic carbocycles. The number of carbonyl (C=O) groups excluding carboxylic acids is 2. The maximum absolute atomic E-state index is 13.7. The Morgan fingerprint density at radius 3 is 2.78 bits per heavy atom. The summed E-state index contributed by atoms with van der Waals surface area (Å²) in [6.45, 7) is 1.40. The van der Waals surface area contributed by atoms with E-state index in [2.05, 4.69) is 4.98 Å². The van der Waals surface area contributed by atoms with E-state index in [1.807, 2.05) is 0 Å². The average Bonchev–Trinajstić information content (AvgIpc) is 2.79. The Morgan fingerprint density at radius 2 is 2.04 bits per heavy atom. The summed E-state index contributed by atoms with van der Waals surface area (Å²) in [6.07, 6.45) is 1.55. The zero-order valence-electron chi connectivity index (χ0n) is 15.0. The molecular formula is C19H20FN3O4. The topological polar surface area (TPSA) is 82.7 Å². The zero-order valence-corrected chi connectivity index (χ0v) is 15.0. The third-order valence-corrected chi connectivity index (χ3v) is 5.36. The number of halogens is 1. The molecule has 142 valence electrons. The number of carbonyl (C=O) groups is 2. The van der Waals surface area contributed by atoms with Gasteiger partial charge in [0.15, 0.2) is 0 Å². The molecule has 1 unspecified atom stereocenters. The lowest BCUT2D eigenvalue weighted by Gasteiger charge is -2.25. The molecule has 1 N–H and O–H groups in total. The van der Waals surface area contributed by atoms with Crippen LogP contribution in [0.15, 0.2) is 29.1 Å². The first kappa shape index (κ1) is 17.5. The molecule has 2 aliphatic rings. The molecule has 0 bridgehead atoms. The van der Waals surface area contributed by atoms with Crippen LogP contribution in [0.5, 0.6) is 0 Å². The smallest absolute Gasteiger partial charge is 0.410 e. The van der Waals surface area contributed by atoms with Crippen molar-refractivity contribution in [3.8, 4) is 0 Å². The number of ether oxygens (including phenoxy) is 1. The summed E-state index contributed by atoms with van der Waals surface area (Å²) in [7, 11) is 1.70. The fourth-order valence-corrected chi connectivity index (χ4v) is 4.00. The average molecular weight is 373 g/mol. The second-order valence-electron chi connectivity index (χ2n) is 7.29. The van der Waals surface area contributed by atoms with Crippen LogP contribution in [0.25, 0.3) is 10.9 Å². The number of hydrogen-bond donors (Lipinski definition) is 1. The van der Waals surface area contributed by atoms with Gasteiger partial charge in [0, 0.05) is 43.5 Å². The van der Waals surface area contributed by atoms with Gasteiger partial charge in [-0.25, -0.2) is 9.18 Å². The fraction of sp³-hybridized carbons (Fsp3) is 0.421. The van der Waals surface area contributed by atoms with Crippen molar-refractivity contribution >= 4 is 22.9 Å². The predicted molar refractivity (Wildman–Crippen MR) is 96.1 cm³/mol. The highest BCUT2D eigenvalue weighted by atomic mass is 19.1. The van der Waals surface area contributed by atoms with E-state index in [1.54, 1.807) is 16.8 Å². The molecule has 27 heavy (non-hydrogen) atoms. The normalized spacial score (nSPS) is 23.0. The van der Waals surface area contributed by atoms with Gasteiger partial charge in [0.25, 0.3) is 5.91 Å². The number of likely N-dealkylation sites (N-methyl/N-ethyl adjacent to an activating group) is 1. The molecule has 2 fully saturated rings. The first-order chi connectivity index (χ1) is 12.9. The molecule has 1 atom stereocenters. The minimum Gasteiger partial charge on any atom is -0.441 e. The summed E-state index contributed by atoms with van der Waals surface area (Å²) in [5.41, 5.74) is -0.367. The number of likely N-dealkylation sites (tertiary alicyclic amines) is 1. The van der Waals surface area contributed by atoms with E-state index in [0.717, 1.165) is 0 Å². The van der Waals surface area contributed by atoms with E-state index in [9.17, 15) is 18.8 Å². The molecule has 2 saturated heterocycles. The zero-order chi connectivity index (χ0) is 19.2. The molecule has 2 aromatic rings. The van der Waals surface area contributed by atoms with Crippen LogP contribution in [-0.2, 0) is 4.74 Å². The number of amides is 2. The second kappa shape index (κ2) is 6.37. The predicted octanol–water partition coefficient (Wildman–Crippen LogP) is 2.11. The van der Waals surface area contributed by atoms with Crippen molar-refractivity contribution in [2.75, 3.05) is 26.7 Å². The van der Waals surface area contributed by atoms with Gasteiger partial charge >= 0.3 is 6.09 Å². The summed E-state index contributed by atoms with van der Waals surface area (Å²) in [5.74, 6) is -0.786. The highest BCUT2D eigenvalue weighted by Gasteiger charge is 2.44. The molecule has 3 heterocycles. The number of hydrogen-bond acceptors (Lipinski definition) is 4. The number of rotatable bonds is 1. The van der Waals surface area contributed by atoms with Gasteiger partial charge in [-0.2, -0.15) is 0 Å². The molecule has 4 rings (SSSR count). The molecule has 7 nitrogen and oxygen atoms in total. The van der Waals surface area contributed by atoms with Crippen LogP contribution in [0.4, 0.5) is 9.18 Å². The number of pyridine rings is 1. The van der Waals surface area contributed by atoms with Crippen molar-refractivity contribution in [1.29, 1.82) is 0 Å². The van der Waals surface area contributed by atoms with Crippen molar-refractivity contribution in [3.05, 3.63) is 46.0 Å². The Labute approximate surface area is 154 Å². The van der Waals surface area contributed by atoms with Gasteiger partial charge in [0.1, 0.15) is 11.4 Å². The summed E-state index contributed by atoms with van der Waals surface area (Å²) >= 11 is 0. The van der Waals surface area contributed by atoms with E-state index in [4.69, 9.17) is 4.74 Å². The quantitative estimate of drug-likeness (QED) is 0.830. The van der Waals surface area contributed by atoms with Crippen LogP contribution in [0.1, 0.15) is 29.6 Å². The molecule has 8 heteroatoms. The summed E-state index contributed by atoms with van der Waals surface area (Å²) in [4.78, 5) is 42.6. The van der Waals surface area contributed by atoms with Gasteiger partial charge in [-0.15, -0.1) is 0 Å². The summed E-state index contributed by atoms with van der Waals surface area (Å²) in [6, 6.07) is 5.17. The van der Waals surface area contributed by atoms with Gasteiger partial charge in [0.05, 0.1) is 12.1 Å². The van der Waals surface area contributed by atoms with Crippen LogP contribution < -0.4 is 5.56 Å². The highest BCUT2D eigenvalue weighted by Crippen LogP contribution is 2.33. The Morgan fingerprint density at radius 1 is 1.22 bits per heavy atom. The van der Waals surface area contributed by atoms with Crippen LogP contribution in [0, 0.1) is 5.82 Å². The number of fused-ring (bicyclic) bond motifs is 1. The van der Waals surface area contributed by atoms with Crippen molar-refractivity contribution in [2.45, 2.75) is 24.9 Å². The maximum atomic E-state index is 13.7. The fourth-order valence-electron chi connectivity index (χ4n) is 4.00. The van der Waals surface area contributed by atoms with Crippen molar-refractivity contribution < 1.29 is 18.7 Å². The first-order valence-electron chi connectivity index (χ1n) is 8.93. The molecular weight excluding hydrogens is 353 g/mol. The lowest BCUT2D eigenvalue weighted by Crippen LogP contribution is -2.37. The van der Waals surface area contributed by atoms with Crippen LogP contribution in [-0.4, -0.2) is 59.1 Å².